The Bertz CT molecular complexity index is 1750. The summed E-state index contributed by atoms with van der Waals surface area (Å²) < 4.78 is 12.4. The van der Waals surface area contributed by atoms with E-state index in [1.165, 1.54) is 11.1 Å². The molecule has 5 aromatic carbocycles. The summed E-state index contributed by atoms with van der Waals surface area (Å²) in [5.74, 6) is -0.0326. The Kier molecular flexibility index (Phi) is 9.59. The summed E-state index contributed by atoms with van der Waals surface area (Å²) in [4.78, 5) is 18.0. The van der Waals surface area contributed by atoms with E-state index in [2.05, 4.69) is 59.5 Å². The third kappa shape index (κ3) is 7.02. The fourth-order valence-corrected chi connectivity index (χ4v) is 4.98. The number of oxazole rings is 1. The van der Waals surface area contributed by atoms with Crippen molar-refractivity contribution in [3.05, 3.63) is 126 Å². The van der Waals surface area contributed by atoms with Crippen LogP contribution >= 0.6 is 0 Å². The summed E-state index contributed by atoms with van der Waals surface area (Å²) in [6.07, 6.45) is 0.293. The summed E-state index contributed by atoms with van der Waals surface area (Å²) in [6, 6.07) is 38.9. The fourth-order valence-electron chi connectivity index (χ4n) is 4.98. The first-order valence-corrected chi connectivity index (χ1v) is 13.7. The molecular weight excluding hydrogens is 535 g/mol. The van der Waals surface area contributed by atoms with Gasteiger partial charge in [-0.15, -0.1) is 0 Å². The van der Waals surface area contributed by atoms with Crippen LogP contribution in [0, 0.1) is 0 Å². The smallest absolute Gasteiger partial charge is 0.550 e. The summed E-state index contributed by atoms with van der Waals surface area (Å²) >= 11 is 0. The van der Waals surface area contributed by atoms with Gasteiger partial charge in [0.1, 0.15) is 11.3 Å². The van der Waals surface area contributed by atoms with Crippen LogP contribution in [0.4, 0.5) is 5.69 Å². The minimum absolute atomic E-state index is 0. The maximum atomic E-state index is 10.9. The molecule has 0 aliphatic carbocycles. The molecule has 0 radical (unpaired) electrons. The summed E-state index contributed by atoms with van der Waals surface area (Å²) in [6.45, 7) is 1.74. The molecule has 0 unspecified atom stereocenters. The van der Waals surface area contributed by atoms with Gasteiger partial charge in [-0.3, -0.25) is 0 Å². The number of fused-ring (bicyclic) bond motifs is 2. The number of carbonyl (C=O) groups excluding carboxylic acids is 1. The molecule has 0 N–H and O–H groups in total. The quantitative estimate of drug-likeness (QED) is 0.176. The van der Waals surface area contributed by atoms with Crippen molar-refractivity contribution >= 4 is 33.5 Å². The van der Waals surface area contributed by atoms with Crippen molar-refractivity contribution in [3.8, 4) is 17.2 Å². The first kappa shape index (κ1) is 29.4. The molecule has 0 saturated carbocycles. The molecule has 0 amide bonds. The standard InChI is InChI=1S/C35H30N2O4.Na/c38-34(39)16-9-19-40-32-21-28-15-8-7-14-27(28)20-30(32)35-36-31-18-17-29(22-33(31)41-35)37(23-25-10-3-1-4-11-25)24-26-12-5-2-6-13-26;/h1-8,10-15,17-18,20-22H,9,16,19,23-24H2,(H,38,39);/q;+1/p-1. The molecule has 0 atom stereocenters. The molecule has 0 spiro atoms. The number of nitrogens with zero attached hydrogens (tertiary/aromatic N) is 2. The fraction of sp³-hybridized carbons (Fsp3) is 0.143. The number of carbonyl (C=O) groups is 1. The van der Waals surface area contributed by atoms with E-state index >= 15 is 0 Å². The maximum Gasteiger partial charge on any atom is 1.00 e. The molecule has 42 heavy (non-hydrogen) atoms. The minimum Gasteiger partial charge on any atom is -0.550 e. The molecule has 204 valence electrons. The van der Waals surface area contributed by atoms with Crippen molar-refractivity contribution in [2.45, 2.75) is 25.9 Å². The normalized spacial score (nSPS) is 10.9. The van der Waals surface area contributed by atoms with E-state index in [9.17, 15) is 9.90 Å². The van der Waals surface area contributed by atoms with E-state index in [0.29, 0.717) is 23.6 Å². The number of ether oxygens (including phenoxy) is 1. The number of hydrogen-bond donors (Lipinski definition) is 0. The van der Waals surface area contributed by atoms with Gasteiger partial charge in [-0.2, -0.15) is 0 Å². The molecular formula is C35H29N2NaO4. The molecule has 0 fully saturated rings. The summed E-state index contributed by atoms with van der Waals surface area (Å²) in [5.41, 5.74) is 5.63. The number of aliphatic carboxylic acids is 1. The zero-order valence-electron chi connectivity index (χ0n) is 23.5. The van der Waals surface area contributed by atoms with Gasteiger partial charge in [0.2, 0.25) is 5.89 Å². The first-order chi connectivity index (χ1) is 20.1. The third-order valence-electron chi connectivity index (χ3n) is 7.03. The van der Waals surface area contributed by atoms with Crippen LogP contribution in [0.1, 0.15) is 24.0 Å². The predicted octanol–water partition coefficient (Wildman–Crippen LogP) is 3.77. The third-order valence-corrected chi connectivity index (χ3v) is 7.03. The van der Waals surface area contributed by atoms with E-state index in [1.807, 2.05) is 60.7 Å². The zero-order valence-corrected chi connectivity index (χ0v) is 25.5. The number of hydrogen-bond acceptors (Lipinski definition) is 6. The number of benzene rings is 5. The van der Waals surface area contributed by atoms with Gasteiger partial charge in [-0.1, -0.05) is 84.9 Å². The van der Waals surface area contributed by atoms with Gasteiger partial charge in [0.25, 0.3) is 0 Å². The number of rotatable bonds is 11. The Morgan fingerprint density at radius 3 is 2.05 bits per heavy atom. The van der Waals surface area contributed by atoms with Crippen LogP contribution in [0.15, 0.2) is 120 Å². The van der Waals surface area contributed by atoms with E-state index in [1.54, 1.807) is 0 Å². The SMILES string of the molecule is O=C([O-])CCCOc1cc2ccccc2cc1-c1nc2ccc(N(Cc3ccccc3)Cc3ccccc3)cc2o1.[Na+]. The largest absolute Gasteiger partial charge is 1.00 e. The zero-order chi connectivity index (χ0) is 28.0. The van der Waals surface area contributed by atoms with Gasteiger partial charge >= 0.3 is 29.6 Å². The average molecular weight is 565 g/mol. The van der Waals surface area contributed by atoms with Crippen LogP contribution in [-0.2, 0) is 17.9 Å². The molecule has 0 aliphatic heterocycles. The van der Waals surface area contributed by atoms with Crippen molar-refractivity contribution in [1.29, 1.82) is 0 Å². The molecule has 1 heterocycles. The molecule has 1 aromatic heterocycles. The molecule has 7 heteroatoms. The minimum atomic E-state index is -1.09. The molecule has 0 aliphatic rings. The van der Waals surface area contributed by atoms with E-state index in [4.69, 9.17) is 14.1 Å². The van der Waals surface area contributed by atoms with Crippen LogP contribution in [0.5, 0.6) is 5.75 Å². The summed E-state index contributed by atoms with van der Waals surface area (Å²) in [7, 11) is 0. The first-order valence-electron chi connectivity index (χ1n) is 13.7. The Hall–Kier alpha value is -4.10. The number of carboxylic acid groups (broad SMARTS) is 1. The Morgan fingerprint density at radius 2 is 1.40 bits per heavy atom. The van der Waals surface area contributed by atoms with E-state index in [-0.39, 0.29) is 42.6 Å². The van der Waals surface area contributed by atoms with Crippen molar-refractivity contribution in [2.75, 3.05) is 11.5 Å². The Balaban J connectivity index is 0.00000353. The van der Waals surface area contributed by atoms with Gasteiger partial charge in [-0.25, -0.2) is 4.98 Å². The van der Waals surface area contributed by atoms with Crippen molar-refractivity contribution in [3.63, 3.8) is 0 Å². The molecule has 0 saturated heterocycles. The Morgan fingerprint density at radius 1 is 0.786 bits per heavy atom. The van der Waals surface area contributed by atoms with Gasteiger partial charge in [0.05, 0.1) is 12.2 Å². The number of aromatic nitrogens is 1. The van der Waals surface area contributed by atoms with Gasteiger partial charge in [-0.05, 0) is 59.0 Å². The van der Waals surface area contributed by atoms with Crippen molar-refractivity contribution in [1.82, 2.24) is 4.98 Å². The number of carboxylic acids is 1. The van der Waals surface area contributed by atoms with Gasteiger partial charge in [0, 0.05) is 30.8 Å². The van der Waals surface area contributed by atoms with Crippen molar-refractivity contribution in [2.24, 2.45) is 0 Å². The van der Waals surface area contributed by atoms with Crippen LogP contribution in [0.2, 0.25) is 0 Å². The van der Waals surface area contributed by atoms with Gasteiger partial charge < -0.3 is 24.0 Å². The van der Waals surface area contributed by atoms with Crippen molar-refractivity contribution < 1.29 is 48.6 Å². The van der Waals surface area contributed by atoms with Crippen LogP contribution < -0.4 is 44.3 Å². The molecule has 0 bridgehead atoms. The number of anilines is 1. The summed E-state index contributed by atoms with van der Waals surface area (Å²) in [5, 5.41) is 12.9. The van der Waals surface area contributed by atoms with E-state index in [0.717, 1.165) is 40.6 Å². The molecule has 6 aromatic rings. The molecule has 6 rings (SSSR count). The monoisotopic (exact) mass is 564 g/mol. The second-order valence-corrected chi connectivity index (χ2v) is 10.0. The predicted molar refractivity (Wildman–Crippen MR) is 159 cm³/mol. The molecule has 6 nitrogen and oxygen atoms in total. The maximum absolute atomic E-state index is 10.9. The van der Waals surface area contributed by atoms with Gasteiger partial charge in [0.15, 0.2) is 5.58 Å². The topological polar surface area (TPSA) is 78.6 Å². The van der Waals surface area contributed by atoms with E-state index < -0.39 is 5.97 Å². The van der Waals surface area contributed by atoms with Crippen LogP contribution in [-0.4, -0.2) is 17.6 Å². The second kappa shape index (κ2) is 13.7. The second-order valence-electron chi connectivity index (χ2n) is 10.0. The Labute approximate surface area is 266 Å². The average Bonchev–Trinajstić information content (AvgIpc) is 3.43. The van der Waals surface area contributed by atoms with Crippen LogP contribution in [0.3, 0.4) is 0 Å². The van der Waals surface area contributed by atoms with Crippen LogP contribution in [0.25, 0.3) is 33.3 Å².